The van der Waals surface area contributed by atoms with E-state index in [4.69, 9.17) is 4.74 Å². The number of unbranched alkanes of at least 4 members (excludes halogenated alkanes) is 1. The van der Waals surface area contributed by atoms with Crippen molar-refractivity contribution >= 4 is 23.6 Å². The molecule has 0 spiro atoms. The van der Waals surface area contributed by atoms with Gasteiger partial charge >= 0.3 is 0 Å². The zero-order valence-corrected chi connectivity index (χ0v) is 29.3. The Bertz CT molecular complexity index is 1480. The van der Waals surface area contributed by atoms with Gasteiger partial charge in [-0.25, -0.2) is 0 Å². The lowest BCUT2D eigenvalue weighted by Crippen LogP contribution is -2.55. The molecule has 0 fully saturated rings. The van der Waals surface area contributed by atoms with Gasteiger partial charge in [-0.05, 0) is 78.8 Å². The number of carbonyl (C=O) groups is 4. The highest BCUT2D eigenvalue weighted by Crippen LogP contribution is 2.23. The van der Waals surface area contributed by atoms with Crippen LogP contribution in [0.4, 0.5) is 0 Å². The Labute approximate surface area is 290 Å². The standard InChI is InChI=1S/C39H52N4O6/c1-6-8-22-40-35(45)24-34(44)33(23-26(3)4)42-39(48)36(27(5)7-2)43-38(47)30-16-20-32(21-17-30)49-31-18-14-29(15-19-31)37(46)41-25-28-12-10-9-11-13-28/h9-21,26-27,33-34,36,44H,6-8,22-25H2,1-5H3,(H,40,45)(H,41,46)(H,42,48)(H,43,47)/t27-,33-,34-,36-/m0/s1. The second kappa shape index (κ2) is 20.0. The van der Waals surface area contributed by atoms with Crippen molar-refractivity contribution in [2.45, 2.75) is 91.5 Å². The number of hydrogen-bond donors (Lipinski definition) is 5. The third-order valence-corrected chi connectivity index (χ3v) is 8.31. The lowest BCUT2D eigenvalue weighted by molar-refractivity contribution is -0.128. The average molecular weight is 673 g/mol. The SMILES string of the molecule is CCCCNC(=O)C[C@H](O)[C@H](CC(C)C)NC(=O)[C@@H](NC(=O)c1ccc(Oc2ccc(C(=O)NCc3ccccc3)cc2)cc1)[C@@H](C)CC. The van der Waals surface area contributed by atoms with E-state index >= 15 is 0 Å². The molecule has 0 aliphatic heterocycles. The van der Waals surface area contributed by atoms with Crippen LogP contribution in [0.5, 0.6) is 11.5 Å². The number of carbonyl (C=O) groups excluding carboxylic acids is 4. The van der Waals surface area contributed by atoms with Crippen LogP contribution < -0.4 is 26.0 Å². The summed E-state index contributed by atoms with van der Waals surface area (Å²) in [6.45, 7) is 10.8. The highest BCUT2D eigenvalue weighted by atomic mass is 16.5. The minimum atomic E-state index is -1.07. The first-order chi connectivity index (χ1) is 23.5. The first kappa shape index (κ1) is 38.7. The lowest BCUT2D eigenvalue weighted by Gasteiger charge is -2.30. The van der Waals surface area contributed by atoms with E-state index < -0.39 is 30.0 Å². The topological polar surface area (TPSA) is 146 Å². The molecule has 0 saturated carbocycles. The Morgan fingerprint density at radius 3 is 1.90 bits per heavy atom. The summed E-state index contributed by atoms with van der Waals surface area (Å²) in [5.74, 6) is -0.286. The van der Waals surface area contributed by atoms with E-state index in [1.165, 1.54) is 0 Å². The molecule has 0 aliphatic carbocycles. The van der Waals surface area contributed by atoms with E-state index in [1.54, 1.807) is 48.5 Å². The summed E-state index contributed by atoms with van der Waals surface area (Å²) in [5, 5.41) is 22.4. The van der Waals surface area contributed by atoms with Gasteiger partial charge in [0, 0.05) is 24.2 Å². The van der Waals surface area contributed by atoms with Gasteiger partial charge in [-0.1, -0.05) is 77.8 Å². The van der Waals surface area contributed by atoms with E-state index in [1.807, 2.05) is 65.0 Å². The molecule has 10 heteroatoms. The highest BCUT2D eigenvalue weighted by Gasteiger charge is 2.31. The van der Waals surface area contributed by atoms with Crippen molar-refractivity contribution in [3.8, 4) is 11.5 Å². The average Bonchev–Trinajstić information content (AvgIpc) is 3.09. The predicted octanol–water partition coefficient (Wildman–Crippen LogP) is 5.75. The number of benzene rings is 3. The molecule has 4 atom stereocenters. The Kier molecular flexibility index (Phi) is 15.8. The summed E-state index contributed by atoms with van der Waals surface area (Å²) in [7, 11) is 0. The monoisotopic (exact) mass is 672 g/mol. The number of hydrogen-bond acceptors (Lipinski definition) is 6. The molecule has 49 heavy (non-hydrogen) atoms. The summed E-state index contributed by atoms with van der Waals surface area (Å²) in [6, 6.07) is 21.5. The van der Waals surface area contributed by atoms with E-state index in [0.29, 0.717) is 48.6 Å². The van der Waals surface area contributed by atoms with E-state index in [2.05, 4.69) is 21.3 Å². The van der Waals surface area contributed by atoms with Crippen LogP contribution in [0.25, 0.3) is 0 Å². The van der Waals surface area contributed by atoms with Crippen molar-refractivity contribution in [3.63, 3.8) is 0 Å². The molecule has 3 rings (SSSR count). The van der Waals surface area contributed by atoms with Crippen molar-refractivity contribution in [2.24, 2.45) is 11.8 Å². The van der Waals surface area contributed by atoms with Crippen molar-refractivity contribution in [3.05, 3.63) is 95.6 Å². The van der Waals surface area contributed by atoms with Gasteiger partial charge < -0.3 is 31.1 Å². The molecule has 0 aliphatic rings. The predicted molar refractivity (Wildman–Crippen MR) is 191 cm³/mol. The number of amides is 4. The fourth-order valence-electron chi connectivity index (χ4n) is 5.19. The first-order valence-electron chi connectivity index (χ1n) is 17.3. The summed E-state index contributed by atoms with van der Waals surface area (Å²) < 4.78 is 5.92. The van der Waals surface area contributed by atoms with Gasteiger partial charge in [0.25, 0.3) is 11.8 Å². The van der Waals surface area contributed by atoms with E-state index in [9.17, 15) is 24.3 Å². The highest BCUT2D eigenvalue weighted by molar-refractivity contribution is 5.98. The fraction of sp³-hybridized carbons (Fsp3) is 0.436. The van der Waals surface area contributed by atoms with Crippen molar-refractivity contribution < 1.29 is 29.0 Å². The third kappa shape index (κ3) is 13.0. The van der Waals surface area contributed by atoms with E-state index in [0.717, 1.165) is 18.4 Å². The van der Waals surface area contributed by atoms with Crippen molar-refractivity contribution in [1.29, 1.82) is 0 Å². The summed E-state index contributed by atoms with van der Waals surface area (Å²) in [5.41, 5.74) is 1.87. The van der Waals surface area contributed by atoms with E-state index in [-0.39, 0.29) is 30.1 Å². The smallest absolute Gasteiger partial charge is 0.251 e. The first-order valence-corrected chi connectivity index (χ1v) is 17.3. The van der Waals surface area contributed by atoms with Crippen LogP contribution in [0, 0.1) is 11.8 Å². The zero-order chi connectivity index (χ0) is 35.8. The van der Waals surface area contributed by atoms with Gasteiger partial charge in [-0.3, -0.25) is 19.2 Å². The normalized spacial score (nSPS) is 13.4. The van der Waals surface area contributed by atoms with Crippen LogP contribution in [0.3, 0.4) is 0 Å². The molecule has 3 aromatic rings. The molecule has 0 aromatic heterocycles. The third-order valence-electron chi connectivity index (χ3n) is 8.31. The van der Waals surface area contributed by atoms with Gasteiger partial charge in [0.05, 0.1) is 18.6 Å². The Morgan fingerprint density at radius 2 is 1.35 bits per heavy atom. The zero-order valence-electron chi connectivity index (χ0n) is 29.3. The Balaban J connectivity index is 1.59. The number of rotatable bonds is 19. The summed E-state index contributed by atoms with van der Waals surface area (Å²) in [4.78, 5) is 51.7. The van der Waals surface area contributed by atoms with Crippen molar-refractivity contribution in [1.82, 2.24) is 21.3 Å². The van der Waals surface area contributed by atoms with Crippen molar-refractivity contribution in [2.75, 3.05) is 6.54 Å². The lowest BCUT2D eigenvalue weighted by atomic mass is 9.94. The van der Waals surface area contributed by atoms with Crippen LogP contribution in [0.1, 0.15) is 93.0 Å². The second-order valence-corrected chi connectivity index (χ2v) is 12.9. The molecular weight excluding hydrogens is 620 g/mol. The Morgan fingerprint density at radius 1 is 0.755 bits per heavy atom. The summed E-state index contributed by atoms with van der Waals surface area (Å²) in [6.07, 6.45) is 1.72. The molecule has 0 bridgehead atoms. The second-order valence-electron chi connectivity index (χ2n) is 12.9. The number of aliphatic hydroxyl groups is 1. The van der Waals surface area contributed by atoms with Crippen LogP contribution >= 0.6 is 0 Å². The van der Waals surface area contributed by atoms with Gasteiger partial charge in [-0.2, -0.15) is 0 Å². The van der Waals surface area contributed by atoms with Gasteiger partial charge in [-0.15, -0.1) is 0 Å². The summed E-state index contributed by atoms with van der Waals surface area (Å²) >= 11 is 0. The molecule has 264 valence electrons. The molecular formula is C39H52N4O6. The fourth-order valence-corrected chi connectivity index (χ4v) is 5.19. The largest absolute Gasteiger partial charge is 0.457 e. The van der Waals surface area contributed by atoms with Gasteiger partial charge in [0.1, 0.15) is 17.5 Å². The van der Waals surface area contributed by atoms with Crippen LogP contribution in [0.15, 0.2) is 78.9 Å². The van der Waals surface area contributed by atoms with Gasteiger partial charge in [0.2, 0.25) is 11.8 Å². The maximum absolute atomic E-state index is 13.5. The number of aliphatic hydroxyl groups excluding tert-OH is 1. The number of ether oxygens (including phenoxy) is 1. The molecule has 5 N–H and O–H groups in total. The molecule has 3 aromatic carbocycles. The quantitative estimate of drug-likeness (QED) is 0.103. The minimum Gasteiger partial charge on any atom is -0.457 e. The molecule has 4 amide bonds. The van der Waals surface area contributed by atoms with Crippen LogP contribution in [0.2, 0.25) is 0 Å². The number of nitrogens with one attached hydrogen (secondary N) is 4. The maximum Gasteiger partial charge on any atom is 0.251 e. The van der Waals surface area contributed by atoms with Crippen LogP contribution in [-0.4, -0.2) is 53.5 Å². The maximum atomic E-state index is 13.5. The molecule has 10 nitrogen and oxygen atoms in total. The molecule has 0 heterocycles. The minimum absolute atomic E-state index is 0.121. The van der Waals surface area contributed by atoms with Crippen LogP contribution in [-0.2, 0) is 16.1 Å². The molecule has 0 saturated heterocycles. The van der Waals surface area contributed by atoms with Gasteiger partial charge in [0.15, 0.2) is 0 Å². The Hall–Kier alpha value is -4.70. The molecule has 0 radical (unpaired) electrons. The molecule has 0 unspecified atom stereocenters.